The largest absolute Gasteiger partial charge is 0.480 e. The van der Waals surface area contributed by atoms with Gasteiger partial charge in [0.1, 0.15) is 12.1 Å². The molecule has 2 aliphatic rings. The van der Waals surface area contributed by atoms with Crippen molar-refractivity contribution in [2.45, 2.75) is 64.3 Å². The molecule has 0 saturated carbocycles. The van der Waals surface area contributed by atoms with E-state index in [2.05, 4.69) is 5.10 Å². The topological polar surface area (TPSA) is 84.7 Å². The number of amides is 1. The van der Waals surface area contributed by atoms with Crippen molar-refractivity contribution in [1.29, 1.82) is 0 Å². The lowest BCUT2D eigenvalue weighted by atomic mass is 10.0. The smallest absolute Gasteiger partial charge is 0.411 e. The highest BCUT2D eigenvalue weighted by molar-refractivity contribution is 5.71. The SMILES string of the molecule is CC(C)(C)OC(=O)N1C2CCC1c1cnn(CC(=O)O)c1C2. The van der Waals surface area contributed by atoms with Crippen LogP contribution in [0.25, 0.3) is 0 Å². The van der Waals surface area contributed by atoms with Crippen molar-refractivity contribution in [3.8, 4) is 0 Å². The summed E-state index contributed by atoms with van der Waals surface area (Å²) in [6, 6.07) is 0.0164. The zero-order chi connectivity index (χ0) is 16.1. The number of carboxylic acids is 1. The van der Waals surface area contributed by atoms with Crippen LogP contribution in [0.4, 0.5) is 4.79 Å². The zero-order valence-corrected chi connectivity index (χ0v) is 13.1. The maximum atomic E-state index is 12.5. The van der Waals surface area contributed by atoms with Crippen LogP contribution in [0.3, 0.4) is 0 Å². The quantitative estimate of drug-likeness (QED) is 0.903. The molecule has 2 aliphatic heterocycles. The summed E-state index contributed by atoms with van der Waals surface area (Å²) in [5.41, 5.74) is 1.38. The number of carbonyl (C=O) groups excluding carboxylic acids is 1. The predicted octanol–water partition coefficient (Wildman–Crippen LogP) is 1.96. The van der Waals surface area contributed by atoms with Gasteiger partial charge >= 0.3 is 12.1 Å². The van der Waals surface area contributed by atoms with Gasteiger partial charge < -0.3 is 9.84 Å². The van der Waals surface area contributed by atoms with Crippen molar-refractivity contribution in [3.05, 3.63) is 17.5 Å². The molecule has 3 rings (SSSR count). The molecule has 0 spiro atoms. The molecule has 2 bridgehead atoms. The van der Waals surface area contributed by atoms with Crippen LogP contribution in [0.5, 0.6) is 0 Å². The normalized spacial score (nSPS) is 23.3. The molecule has 1 fully saturated rings. The molecule has 7 nitrogen and oxygen atoms in total. The second kappa shape index (κ2) is 5.00. The van der Waals surface area contributed by atoms with Gasteiger partial charge in [-0.1, -0.05) is 0 Å². The third-order valence-electron chi connectivity index (χ3n) is 4.16. The van der Waals surface area contributed by atoms with Gasteiger partial charge in [-0.2, -0.15) is 5.10 Å². The number of fused-ring (bicyclic) bond motifs is 4. The maximum absolute atomic E-state index is 12.5. The van der Waals surface area contributed by atoms with Crippen molar-refractivity contribution in [2.24, 2.45) is 0 Å². The van der Waals surface area contributed by atoms with Gasteiger partial charge in [-0.3, -0.25) is 14.4 Å². The number of aromatic nitrogens is 2. The van der Waals surface area contributed by atoms with E-state index in [1.54, 1.807) is 11.1 Å². The van der Waals surface area contributed by atoms with E-state index < -0.39 is 11.6 Å². The lowest BCUT2D eigenvalue weighted by Gasteiger charge is -2.36. The first-order valence-electron chi connectivity index (χ1n) is 7.54. The minimum atomic E-state index is -0.909. The van der Waals surface area contributed by atoms with Crippen LogP contribution < -0.4 is 0 Å². The molecule has 1 aromatic rings. The summed E-state index contributed by atoms with van der Waals surface area (Å²) in [6.07, 6.45) is 3.82. The van der Waals surface area contributed by atoms with Crippen LogP contribution >= 0.6 is 0 Å². The number of hydrogen-bond acceptors (Lipinski definition) is 4. The fourth-order valence-electron chi connectivity index (χ4n) is 3.39. The number of aliphatic carboxylic acids is 1. The van der Waals surface area contributed by atoms with Gasteiger partial charge in [-0.15, -0.1) is 0 Å². The highest BCUT2D eigenvalue weighted by Crippen LogP contribution is 2.44. The molecular formula is C15H21N3O4. The lowest BCUT2D eigenvalue weighted by Crippen LogP contribution is -2.44. The lowest BCUT2D eigenvalue weighted by molar-refractivity contribution is -0.138. The zero-order valence-electron chi connectivity index (χ0n) is 13.1. The van der Waals surface area contributed by atoms with Gasteiger partial charge in [0.05, 0.1) is 12.2 Å². The highest BCUT2D eigenvalue weighted by Gasteiger charge is 2.45. The van der Waals surface area contributed by atoms with Gasteiger partial charge in [0.2, 0.25) is 0 Å². The van der Waals surface area contributed by atoms with Crippen LogP contribution in [-0.4, -0.2) is 43.5 Å². The number of ether oxygens (including phenoxy) is 1. The van der Waals surface area contributed by atoms with Crippen molar-refractivity contribution < 1.29 is 19.4 Å². The van der Waals surface area contributed by atoms with Crippen LogP contribution in [0, 0.1) is 0 Å². The third kappa shape index (κ3) is 2.55. The molecule has 1 N–H and O–H groups in total. The summed E-state index contributed by atoms with van der Waals surface area (Å²) in [7, 11) is 0. The van der Waals surface area contributed by atoms with Gasteiger partial charge in [-0.05, 0) is 33.6 Å². The van der Waals surface area contributed by atoms with E-state index in [1.165, 1.54) is 4.68 Å². The van der Waals surface area contributed by atoms with E-state index in [0.29, 0.717) is 6.42 Å². The molecule has 0 aliphatic carbocycles. The average molecular weight is 307 g/mol. The molecular weight excluding hydrogens is 286 g/mol. The molecule has 22 heavy (non-hydrogen) atoms. The maximum Gasteiger partial charge on any atom is 0.411 e. The van der Waals surface area contributed by atoms with E-state index in [9.17, 15) is 9.59 Å². The van der Waals surface area contributed by atoms with Crippen molar-refractivity contribution in [3.63, 3.8) is 0 Å². The number of rotatable bonds is 2. The molecule has 2 atom stereocenters. The van der Waals surface area contributed by atoms with E-state index in [1.807, 2.05) is 20.8 Å². The van der Waals surface area contributed by atoms with Crippen LogP contribution in [0.1, 0.15) is 50.9 Å². The summed E-state index contributed by atoms with van der Waals surface area (Å²) in [4.78, 5) is 25.2. The first-order chi connectivity index (χ1) is 10.3. The van der Waals surface area contributed by atoms with Gasteiger partial charge in [0.15, 0.2) is 0 Å². The van der Waals surface area contributed by atoms with E-state index in [4.69, 9.17) is 9.84 Å². The molecule has 1 aromatic heterocycles. The van der Waals surface area contributed by atoms with Gasteiger partial charge in [-0.25, -0.2) is 4.79 Å². The van der Waals surface area contributed by atoms with Crippen LogP contribution in [0.15, 0.2) is 6.20 Å². The Labute approximate surface area is 128 Å². The summed E-state index contributed by atoms with van der Waals surface area (Å²) < 4.78 is 7.05. The second-order valence-corrected chi connectivity index (χ2v) is 6.94. The molecule has 0 aromatic carbocycles. The standard InChI is InChI=1S/C15H21N3O4/c1-15(2,3)22-14(21)18-9-4-5-11(18)10-7-16-17(8-13(19)20)12(10)6-9/h7,9,11H,4-6,8H2,1-3H3,(H,19,20). The van der Waals surface area contributed by atoms with E-state index in [0.717, 1.165) is 24.1 Å². The molecule has 7 heteroatoms. The Morgan fingerprint density at radius 2 is 2.14 bits per heavy atom. The fraction of sp³-hybridized carbons (Fsp3) is 0.667. The van der Waals surface area contributed by atoms with Crippen molar-refractivity contribution >= 4 is 12.1 Å². The molecule has 120 valence electrons. The minimum Gasteiger partial charge on any atom is -0.480 e. The number of carbonyl (C=O) groups is 2. The Bertz CT molecular complexity index is 617. The molecule has 0 radical (unpaired) electrons. The Kier molecular flexibility index (Phi) is 3.38. The monoisotopic (exact) mass is 307 g/mol. The summed E-state index contributed by atoms with van der Waals surface area (Å²) in [5, 5.41) is 13.1. The molecule has 3 heterocycles. The molecule has 1 saturated heterocycles. The highest BCUT2D eigenvalue weighted by atomic mass is 16.6. The summed E-state index contributed by atoms with van der Waals surface area (Å²) in [6.45, 7) is 5.43. The molecule has 2 unspecified atom stereocenters. The molecule has 1 amide bonds. The first-order valence-corrected chi connectivity index (χ1v) is 7.54. The first kappa shape index (κ1) is 14.9. The van der Waals surface area contributed by atoms with E-state index in [-0.39, 0.29) is 24.7 Å². The average Bonchev–Trinajstić information content (AvgIpc) is 2.89. The number of carboxylic acid groups (broad SMARTS) is 1. The minimum absolute atomic E-state index is 0.0499. The van der Waals surface area contributed by atoms with Crippen LogP contribution in [-0.2, 0) is 22.5 Å². The van der Waals surface area contributed by atoms with Gasteiger partial charge in [0, 0.05) is 23.7 Å². The Hall–Kier alpha value is -2.05. The summed E-state index contributed by atoms with van der Waals surface area (Å²) >= 11 is 0. The van der Waals surface area contributed by atoms with Crippen molar-refractivity contribution in [2.75, 3.05) is 0 Å². The fourth-order valence-corrected chi connectivity index (χ4v) is 3.39. The number of hydrogen-bond donors (Lipinski definition) is 1. The summed E-state index contributed by atoms with van der Waals surface area (Å²) in [5.74, 6) is -0.909. The Morgan fingerprint density at radius 1 is 1.41 bits per heavy atom. The Morgan fingerprint density at radius 3 is 2.77 bits per heavy atom. The third-order valence-corrected chi connectivity index (χ3v) is 4.16. The second-order valence-electron chi connectivity index (χ2n) is 6.94. The van der Waals surface area contributed by atoms with E-state index >= 15 is 0 Å². The van der Waals surface area contributed by atoms with Crippen molar-refractivity contribution in [1.82, 2.24) is 14.7 Å². The predicted molar refractivity (Wildman–Crippen MR) is 77.4 cm³/mol. The Balaban J connectivity index is 1.86. The van der Waals surface area contributed by atoms with Gasteiger partial charge in [0.25, 0.3) is 0 Å². The number of nitrogens with zero attached hydrogens (tertiary/aromatic N) is 3. The van der Waals surface area contributed by atoms with Crippen LogP contribution in [0.2, 0.25) is 0 Å².